The molecule has 3 fully saturated rings. The van der Waals surface area contributed by atoms with Crippen LogP contribution in [0, 0.1) is 11.8 Å². The molecule has 0 radical (unpaired) electrons. The van der Waals surface area contributed by atoms with Crippen LogP contribution in [0.4, 0.5) is 0 Å². The van der Waals surface area contributed by atoms with Crippen LogP contribution in [0.15, 0.2) is 30.5 Å². The summed E-state index contributed by atoms with van der Waals surface area (Å²) in [6.45, 7) is 6.46. The van der Waals surface area contributed by atoms with Crippen molar-refractivity contribution in [3.05, 3.63) is 41.6 Å². The van der Waals surface area contributed by atoms with E-state index in [9.17, 15) is 19.5 Å². The van der Waals surface area contributed by atoms with Crippen molar-refractivity contribution in [3.63, 3.8) is 0 Å². The van der Waals surface area contributed by atoms with E-state index >= 15 is 0 Å². The van der Waals surface area contributed by atoms with Crippen molar-refractivity contribution in [2.45, 2.75) is 76.2 Å². The Balaban J connectivity index is 1.20. The quantitative estimate of drug-likeness (QED) is 0.537. The Morgan fingerprint density at radius 2 is 2.10 bits per heavy atom. The van der Waals surface area contributed by atoms with Gasteiger partial charge in [0, 0.05) is 36.2 Å². The molecular formula is C30H37N5O5. The molecule has 1 aliphatic carbocycles. The highest BCUT2D eigenvalue weighted by Gasteiger charge is 2.70. The number of aromatic amines is 1. The minimum Gasteiger partial charge on any atom is -0.361 e. The smallest absolute Gasteiger partial charge is 0.280 e. The summed E-state index contributed by atoms with van der Waals surface area (Å²) in [5.74, 6) is -3.48. The molecular weight excluding hydrogens is 510 g/mol. The zero-order valence-electron chi connectivity index (χ0n) is 23.4. The van der Waals surface area contributed by atoms with Crippen molar-refractivity contribution >= 4 is 34.2 Å². The van der Waals surface area contributed by atoms with E-state index < -0.39 is 35.5 Å². The summed E-state index contributed by atoms with van der Waals surface area (Å²) in [5.41, 5.74) is 2.78. The minimum absolute atomic E-state index is 0.115. The summed E-state index contributed by atoms with van der Waals surface area (Å²) in [5, 5.41) is 15.9. The van der Waals surface area contributed by atoms with E-state index in [4.69, 9.17) is 4.74 Å². The van der Waals surface area contributed by atoms with Crippen molar-refractivity contribution in [3.8, 4) is 0 Å². The SMILES string of the molecule is CC(C)CC1C(=O)N2CCCC2C2(O)OC(C)(NC(=O)[C@@H]3C=C4c5cccc6[nH]cc(c56)C[C@@H]4N(C)C3)C(=O)N12. The second kappa shape index (κ2) is 8.64. The Morgan fingerprint density at radius 1 is 1.30 bits per heavy atom. The van der Waals surface area contributed by atoms with Crippen LogP contribution in [0.5, 0.6) is 0 Å². The molecule has 5 aliphatic rings. The molecule has 5 heterocycles. The van der Waals surface area contributed by atoms with Crippen LogP contribution < -0.4 is 5.32 Å². The van der Waals surface area contributed by atoms with E-state index in [2.05, 4.69) is 33.5 Å². The van der Waals surface area contributed by atoms with Gasteiger partial charge in [0.05, 0.1) is 5.92 Å². The average molecular weight is 548 g/mol. The fourth-order valence-corrected chi connectivity index (χ4v) is 7.76. The predicted molar refractivity (Wildman–Crippen MR) is 147 cm³/mol. The van der Waals surface area contributed by atoms with Crippen molar-refractivity contribution in [1.29, 1.82) is 0 Å². The number of hydrogen-bond acceptors (Lipinski definition) is 6. The Hall–Kier alpha value is -3.21. The number of aromatic nitrogens is 1. The third-order valence-corrected chi connectivity index (χ3v) is 9.55. The molecule has 3 saturated heterocycles. The van der Waals surface area contributed by atoms with Gasteiger partial charge >= 0.3 is 0 Å². The van der Waals surface area contributed by atoms with E-state index in [1.54, 1.807) is 4.90 Å². The van der Waals surface area contributed by atoms with Gasteiger partial charge in [0.25, 0.3) is 11.8 Å². The van der Waals surface area contributed by atoms with Gasteiger partial charge in [-0.15, -0.1) is 0 Å². The topological polar surface area (TPSA) is 118 Å². The third-order valence-electron chi connectivity index (χ3n) is 9.55. The highest BCUT2D eigenvalue weighted by molar-refractivity contribution is 6.00. The number of aliphatic hydroxyl groups is 1. The molecule has 212 valence electrons. The van der Waals surface area contributed by atoms with Gasteiger partial charge in [0.2, 0.25) is 17.5 Å². The molecule has 0 bridgehead atoms. The number of H-pyrrole nitrogens is 1. The standard InChI is InChI=1S/C30H37N5O5/c1-16(2)11-23-27(37)34-10-6-9-24(34)30(39)35(23)28(38)29(3,40-30)32-26(36)18-12-20-19-7-5-8-21-25(19)17(14-31-21)13-22(20)33(4)15-18/h5,7-8,12,14,16,18,22-24,31,39H,6,9-11,13,15H2,1-4H3,(H,32,36)/t18-,22+,23?,24?,29?,30?/m1/s1. The summed E-state index contributed by atoms with van der Waals surface area (Å²) in [6, 6.07) is 4.84. The molecule has 1 aromatic carbocycles. The highest BCUT2D eigenvalue weighted by Crippen LogP contribution is 2.46. The summed E-state index contributed by atoms with van der Waals surface area (Å²) < 4.78 is 6.17. The number of likely N-dealkylation sites (N-methyl/N-ethyl adjacent to an activating group) is 1. The maximum atomic E-state index is 14.0. The first-order valence-electron chi connectivity index (χ1n) is 14.4. The van der Waals surface area contributed by atoms with Crippen LogP contribution in [0.25, 0.3) is 16.5 Å². The van der Waals surface area contributed by atoms with Crippen molar-refractivity contribution in [2.75, 3.05) is 20.1 Å². The maximum Gasteiger partial charge on any atom is 0.280 e. The molecule has 6 atom stereocenters. The Labute approximate surface area is 233 Å². The monoisotopic (exact) mass is 547 g/mol. The summed E-state index contributed by atoms with van der Waals surface area (Å²) in [6.07, 6.45) is 6.61. The molecule has 3 amide bonds. The molecule has 10 nitrogen and oxygen atoms in total. The fourth-order valence-electron chi connectivity index (χ4n) is 7.76. The Kier molecular flexibility index (Phi) is 5.56. The number of fused-ring (bicyclic) bond motifs is 5. The number of piperazine rings is 1. The van der Waals surface area contributed by atoms with E-state index in [1.807, 2.05) is 33.0 Å². The largest absolute Gasteiger partial charge is 0.361 e. The predicted octanol–water partition coefficient (Wildman–Crippen LogP) is 1.79. The number of amides is 3. The van der Waals surface area contributed by atoms with Crippen LogP contribution >= 0.6 is 0 Å². The van der Waals surface area contributed by atoms with E-state index in [0.717, 1.165) is 29.5 Å². The molecule has 4 aliphatic heterocycles. The van der Waals surface area contributed by atoms with Gasteiger partial charge in [-0.3, -0.25) is 28.9 Å². The lowest BCUT2D eigenvalue weighted by Crippen LogP contribution is -2.71. The first-order chi connectivity index (χ1) is 19.0. The summed E-state index contributed by atoms with van der Waals surface area (Å²) >= 11 is 0. The first kappa shape index (κ1) is 25.7. The molecule has 10 heteroatoms. The number of carbonyl (C=O) groups is 3. The molecule has 1 aromatic heterocycles. The van der Waals surface area contributed by atoms with E-state index in [-0.39, 0.29) is 23.8 Å². The number of benzene rings is 1. The third kappa shape index (κ3) is 3.48. The van der Waals surface area contributed by atoms with Crippen LogP contribution in [-0.2, 0) is 25.5 Å². The van der Waals surface area contributed by atoms with Crippen LogP contribution in [0.3, 0.4) is 0 Å². The Bertz CT molecular complexity index is 1470. The second-order valence-electron chi connectivity index (χ2n) is 12.7. The fraction of sp³-hybridized carbons (Fsp3) is 0.567. The number of rotatable bonds is 4. The minimum atomic E-state index is -1.99. The van der Waals surface area contributed by atoms with Gasteiger partial charge in [-0.2, -0.15) is 0 Å². The molecule has 0 spiro atoms. The number of nitrogens with zero attached hydrogens (tertiary/aromatic N) is 3. The maximum absolute atomic E-state index is 14.0. The van der Waals surface area contributed by atoms with Gasteiger partial charge < -0.3 is 20.3 Å². The van der Waals surface area contributed by atoms with Gasteiger partial charge in [-0.1, -0.05) is 32.1 Å². The van der Waals surface area contributed by atoms with Crippen LogP contribution in [-0.4, -0.2) is 92.4 Å². The van der Waals surface area contributed by atoms with Crippen molar-refractivity contribution < 1.29 is 24.2 Å². The van der Waals surface area contributed by atoms with Gasteiger partial charge in [-0.25, -0.2) is 0 Å². The Morgan fingerprint density at radius 3 is 2.88 bits per heavy atom. The molecule has 40 heavy (non-hydrogen) atoms. The highest BCUT2D eigenvalue weighted by atomic mass is 16.7. The molecule has 0 saturated carbocycles. The molecule has 7 rings (SSSR count). The van der Waals surface area contributed by atoms with Crippen LogP contribution in [0.1, 0.15) is 51.2 Å². The zero-order valence-corrected chi connectivity index (χ0v) is 23.4. The average Bonchev–Trinajstić information content (AvgIpc) is 3.60. The van der Waals surface area contributed by atoms with Crippen molar-refractivity contribution in [1.82, 2.24) is 25.0 Å². The normalized spacial score (nSPS) is 35.2. The van der Waals surface area contributed by atoms with Crippen LogP contribution in [0.2, 0.25) is 0 Å². The lowest BCUT2D eigenvalue weighted by atomic mass is 9.79. The number of nitrogens with one attached hydrogen (secondary N) is 2. The number of carbonyl (C=O) groups excluding carboxylic acids is 3. The number of hydrogen-bond donors (Lipinski definition) is 3. The molecule has 4 unspecified atom stereocenters. The van der Waals surface area contributed by atoms with Crippen molar-refractivity contribution in [2.24, 2.45) is 11.8 Å². The van der Waals surface area contributed by atoms with E-state index in [1.165, 1.54) is 22.8 Å². The van der Waals surface area contributed by atoms with Gasteiger partial charge in [-0.05, 0) is 68.3 Å². The van der Waals surface area contributed by atoms with Gasteiger partial charge in [0.1, 0.15) is 12.1 Å². The lowest BCUT2D eigenvalue weighted by molar-refractivity contribution is -0.315. The second-order valence-corrected chi connectivity index (χ2v) is 12.7. The van der Waals surface area contributed by atoms with E-state index in [0.29, 0.717) is 25.9 Å². The summed E-state index contributed by atoms with van der Waals surface area (Å²) in [7, 11) is 2.02. The molecule has 3 N–H and O–H groups in total. The summed E-state index contributed by atoms with van der Waals surface area (Å²) in [4.78, 5) is 49.7. The van der Waals surface area contributed by atoms with Gasteiger partial charge in [0.15, 0.2) is 0 Å². The lowest BCUT2D eigenvalue weighted by Gasteiger charge is -2.49. The first-order valence-corrected chi connectivity index (χ1v) is 14.4. The number of ether oxygens (including phenoxy) is 1. The zero-order chi connectivity index (χ0) is 28.1. The molecule has 2 aromatic rings.